The molecule has 1 unspecified atom stereocenters. The minimum Gasteiger partial charge on any atom is -0.299 e. The first kappa shape index (κ1) is 8.88. The Morgan fingerprint density at radius 2 is 2.46 bits per heavy atom. The predicted octanol–water partition coefficient (Wildman–Crippen LogP) is 2.30. The van der Waals surface area contributed by atoms with Crippen molar-refractivity contribution < 1.29 is 4.79 Å². The number of ketones is 1. The Balaban J connectivity index is 1.94. The van der Waals surface area contributed by atoms with Gasteiger partial charge in [-0.2, -0.15) is 0 Å². The standard InChI is InChI=1S/C10H13NOS/c1-10(2)4-8(10)9(12)3-7-5-11-6-13-7/h5-6,8H,3-4H2,1-2H3. The molecule has 13 heavy (non-hydrogen) atoms. The van der Waals surface area contributed by atoms with Crippen molar-refractivity contribution in [1.29, 1.82) is 0 Å². The van der Waals surface area contributed by atoms with Crippen LogP contribution in [0.2, 0.25) is 0 Å². The van der Waals surface area contributed by atoms with Crippen molar-refractivity contribution in [1.82, 2.24) is 4.98 Å². The molecule has 1 aromatic rings. The number of rotatable bonds is 3. The van der Waals surface area contributed by atoms with Crippen molar-refractivity contribution in [2.45, 2.75) is 26.7 Å². The van der Waals surface area contributed by atoms with Gasteiger partial charge in [0.05, 0.1) is 5.51 Å². The fourth-order valence-electron chi connectivity index (χ4n) is 1.64. The van der Waals surface area contributed by atoms with Gasteiger partial charge in [-0.05, 0) is 11.8 Å². The zero-order chi connectivity index (χ0) is 9.47. The number of hydrogen-bond acceptors (Lipinski definition) is 3. The van der Waals surface area contributed by atoms with Crippen molar-refractivity contribution in [2.75, 3.05) is 0 Å². The van der Waals surface area contributed by atoms with Gasteiger partial charge in [0.15, 0.2) is 0 Å². The average Bonchev–Trinajstić information content (AvgIpc) is 2.49. The Morgan fingerprint density at radius 3 is 2.92 bits per heavy atom. The van der Waals surface area contributed by atoms with Gasteiger partial charge in [-0.3, -0.25) is 9.78 Å². The van der Waals surface area contributed by atoms with Crippen LogP contribution < -0.4 is 0 Å². The van der Waals surface area contributed by atoms with Crippen LogP contribution in [0.25, 0.3) is 0 Å². The van der Waals surface area contributed by atoms with E-state index >= 15 is 0 Å². The van der Waals surface area contributed by atoms with Crippen molar-refractivity contribution in [3.05, 3.63) is 16.6 Å². The number of hydrogen-bond donors (Lipinski definition) is 0. The van der Waals surface area contributed by atoms with E-state index < -0.39 is 0 Å². The molecule has 0 aromatic carbocycles. The van der Waals surface area contributed by atoms with E-state index in [0.29, 0.717) is 18.1 Å². The third-order valence-electron chi connectivity index (χ3n) is 2.73. The first-order valence-electron chi connectivity index (χ1n) is 4.50. The smallest absolute Gasteiger partial charge is 0.141 e. The Hall–Kier alpha value is -0.700. The van der Waals surface area contributed by atoms with Crippen LogP contribution in [0.3, 0.4) is 0 Å². The van der Waals surface area contributed by atoms with Crippen molar-refractivity contribution >= 4 is 17.1 Å². The van der Waals surface area contributed by atoms with Gasteiger partial charge in [0.1, 0.15) is 5.78 Å². The van der Waals surface area contributed by atoms with Gasteiger partial charge in [-0.15, -0.1) is 11.3 Å². The number of thiazole rings is 1. The maximum atomic E-state index is 11.7. The highest BCUT2D eigenvalue weighted by Gasteiger charge is 2.49. The first-order valence-corrected chi connectivity index (χ1v) is 5.37. The van der Waals surface area contributed by atoms with E-state index in [1.807, 2.05) is 0 Å². The summed E-state index contributed by atoms with van der Waals surface area (Å²) in [5.74, 6) is 0.684. The van der Waals surface area contributed by atoms with Crippen LogP contribution in [-0.2, 0) is 11.2 Å². The Kier molecular flexibility index (Phi) is 1.99. The molecule has 1 saturated carbocycles. The van der Waals surface area contributed by atoms with E-state index in [1.165, 1.54) is 0 Å². The number of nitrogens with zero attached hydrogens (tertiary/aromatic N) is 1. The van der Waals surface area contributed by atoms with E-state index in [-0.39, 0.29) is 5.41 Å². The van der Waals surface area contributed by atoms with E-state index in [0.717, 1.165) is 11.3 Å². The first-order chi connectivity index (χ1) is 6.09. The van der Waals surface area contributed by atoms with E-state index in [9.17, 15) is 4.79 Å². The van der Waals surface area contributed by atoms with E-state index in [2.05, 4.69) is 18.8 Å². The zero-order valence-corrected chi connectivity index (χ0v) is 8.73. The van der Waals surface area contributed by atoms with Gasteiger partial charge in [0.25, 0.3) is 0 Å². The van der Waals surface area contributed by atoms with Crippen LogP contribution in [0, 0.1) is 11.3 Å². The Bertz CT molecular complexity index is 316. The van der Waals surface area contributed by atoms with Gasteiger partial charge in [-0.1, -0.05) is 13.8 Å². The van der Waals surface area contributed by atoms with Crippen LogP contribution >= 0.6 is 11.3 Å². The molecule has 1 atom stereocenters. The van der Waals surface area contributed by atoms with Gasteiger partial charge < -0.3 is 0 Å². The number of Topliss-reactive ketones (excluding diaryl/α,β-unsaturated/α-hetero) is 1. The lowest BCUT2D eigenvalue weighted by atomic mass is 10.1. The highest BCUT2D eigenvalue weighted by Crippen LogP contribution is 2.52. The molecule has 70 valence electrons. The monoisotopic (exact) mass is 195 g/mol. The Morgan fingerprint density at radius 1 is 1.77 bits per heavy atom. The van der Waals surface area contributed by atoms with Gasteiger partial charge in [0, 0.05) is 23.4 Å². The molecule has 0 N–H and O–H groups in total. The third kappa shape index (κ3) is 1.80. The molecule has 1 fully saturated rings. The van der Waals surface area contributed by atoms with Crippen molar-refractivity contribution in [2.24, 2.45) is 11.3 Å². The number of carbonyl (C=O) groups excluding carboxylic acids is 1. The molecule has 1 aliphatic carbocycles. The molecule has 1 aliphatic rings. The summed E-state index contributed by atoms with van der Waals surface area (Å²) in [4.78, 5) is 16.7. The molecule has 0 spiro atoms. The summed E-state index contributed by atoms with van der Waals surface area (Å²) in [6, 6.07) is 0. The normalized spacial score (nSPS) is 24.3. The molecule has 2 rings (SSSR count). The SMILES string of the molecule is CC1(C)CC1C(=O)Cc1cncs1. The highest BCUT2D eigenvalue weighted by atomic mass is 32.1. The zero-order valence-electron chi connectivity index (χ0n) is 7.91. The van der Waals surface area contributed by atoms with Crippen molar-refractivity contribution in [3.63, 3.8) is 0 Å². The fourth-order valence-corrected chi connectivity index (χ4v) is 2.25. The van der Waals surface area contributed by atoms with Crippen LogP contribution in [0.15, 0.2) is 11.7 Å². The van der Waals surface area contributed by atoms with Crippen LogP contribution in [0.1, 0.15) is 25.1 Å². The van der Waals surface area contributed by atoms with Gasteiger partial charge >= 0.3 is 0 Å². The van der Waals surface area contributed by atoms with Crippen LogP contribution in [0.5, 0.6) is 0 Å². The summed E-state index contributed by atoms with van der Waals surface area (Å²) in [6.45, 7) is 4.31. The second-order valence-corrected chi connectivity index (χ2v) is 5.33. The van der Waals surface area contributed by atoms with Gasteiger partial charge in [-0.25, -0.2) is 0 Å². The van der Waals surface area contributed by atoms with Gasteiger partial charge in [0.2, 0.25) is 0 Å². The molecular formula is C10H13NOS. The largest absolute Gasteiger partial charge is 0.299 e. The molecule has 0 bridgehead atoms. The molecule has 0 amide bonds. The lowest BCUT2D eigenvalue weighted by molar-refractivity contribution is -0.120. The molecule has 1 aromatic heterocycles. The lowest BCUT2D eigenvalue weighted by Gasteiger charge is -2.00. The lowest BCUT2D eigenvalue weighted by Crippen LogP contribution is -2.08. The Labute approximate surface area is 82.0 Å². The van der Waals surface area contributed by atoms with E-state index in [1.54, 1.807) is 23.0 Å². The summed E-state index contributed by atoms with van der Waals surface area (Å²) >= 11 is 1.56. The third-order valence-corrected chi connectivity index (χ3v) is 3.51. The summed E-state index contributed by atoms with van der Waals surface area (Å²) in [5, 5.41) is 0. The number of aromatic nitrogens is 1. The molecular weight excluding hydrogens is 182 g/mol. The molecule has 0 aliphatic heterocycles. The summed E-state index contributed by atoms with van der Waals surface area (Å²) < 4.78 is 0. The average molecular weight is 195 g/mol. The number of carbonyl (C=O) groups is 1. The van der Waals surface area contributed by atoms with E-state index in [4.69, 9.17) is 0 Å². The maximum Gasteiger partial charge on any atom is 0.141 e. The predicted molar refractivity (Wildman–Crippen MR) is 52.7 cm³/mol. The molecule has 0 radical (unpaired) electrons. The quantitative estimate of drug-likeness (QED) is 0.740. The van der Waals surface area contributed by atoms with Crippen LogP contribution in [-0.4, -0.2) is 10.8 Å². The summed E-state index contributed by atoms with van der Waals surface area (Å²) in [7, 11) is 0. The molecule has 0 saturated heterocycles. The minimum absolute atomic E-state index is 0.266. The van der Waals surface area contributed by atoms with Crippen molar-refractivity contribution in [3.8, 4) is 0 Å². The molecule has 3 heteroatoms. The second kappa shape index (κ2) is 2.91. The fraction of sp³-hybridized carbons (Fsp3) is 0.600. The molecule has 1 heterocycles. The summed E-state index contributed by atoms with van der Waals surface area (Å²) in [6.07, 6.45) is 3.43. The maximum absolute atomic E-state index is 11.7. The molecule has 2 nitrogen and oxygen atoms in total. The minimum atomic E-state index is 0.266. The topological polar surface area (TPSA) is 30.0 Å². The van der Waals surface area contributed by atoms with Crippen LogP contribution in [0.4, 0.5) is 0 Å². The summed E-state index contributed by atoms with van der Waals surface area (Å²) in [5.41, 5.74) is 2.04. The highest BCUT2D eigenvalue weighted by molar-refractivity contribution is 7.09. The second-order valence-electron chi connectivity index (χ2n) is 4.36.